The SMILES string of the molecule is CN=C(NCc1ccc(Cl)cc1)NCc1sccc1C. The lowest BCUT2D eigenvalue weighted by molar-refractivity contribution is 0.813. The lowest BCUT2D eigenvalue weighted by atomic mass is 10.2. The summed E-state index contributed by atoms with van der Waals surface area (Å²) in [6.45, 7) is 3.64. The third kappa shape index (κ3) is 4.25. The summed E-state index contributed by atoms with van der Waals surface area (Å²) in [6, 6.07) is 9.93. The van der Waals surface area contributed by atoms with Crippen LogP contribution in [0.2, 0.25) is 5.02 Å². The van der Waals surface area contributed by atoms with Crippen LogP contribution in [0.3, 0.4) is 0 Å². The molecule has 3 nitrogen and oxygen atoms in total. The number of nitrogens with one attached hydrogen (secondary N) is 2. The van der Waals surface area contributed by atoms with Crippen LogP contribution < -0.4 is 10.6 Å². The summed E-state index contributed by atoms with van der Waals surface area (Å²) >= 11 is 7.63. The smallest absolute Gasteiger partial charge is 0.191 e. The maximum absolute atomic E-state index is 5.87. The van der Waals surface area contributed by atoms with Crippen LogP contribution in [0.5, 0.6) is 0 Å². The highest BCUT2D eigenvalue weighted by Gasteiger charge is 2.02. The van der Waals surface area contributed by atoms with Crippen LogP contribution in [-0.2, 0) is 13.1 Å². The monoisotopic (exact) mass is 307 g/mol. The van der Waals surface area contributed by atoms with Crippen molar-refractivity contribution in [2.24, 2.45) is 4.99 Å². The second-order valence-electron chi connectivity index (χ2n) is 4.43. The Morgan fingerprint density at radius 2 is 1.85 bits per heavy atom. The van der Waals surface area contributed by atoms with E-state index < -0.39 is 0 Å². The summed E-state index contributed by atoms with van der Waals surface area (Å²) < 4.78 is 0. The van der Waals surface area contributed by atoms with Crippen molar-refractivity contribution in [2.75, 3.05) is 7.05 Å². The zero-order valence-corrected chi connectivity index (χ0v) is 13.2. The molecule has 2 rings (SSSR count). The number of halogens is 1. The minimum atomic E-state index is 0.722. The summed E-state index contributed by atoms with van der Waals surface area (Å²) in [5, 5.41) is 9.47. The van der Waals surface area contributed by atoms with Gasteiger partial charge in [0.05, 0.1) is 6.54 Å². The van der Waals surface area contributed by atoms with Crippen LogP contribution >= 0.6 is 22.9 Å². The number of aryl methyl sites for hydroxylation is 1. The molecular formula is C15H18ClN3S. The van der Waals surface area contributed by atoms with E-state index in [-0.39, 0.29) is 0 Å². The molecule has 0 fully saturated rings. The number of thiophene rings is 1. The molecule has 0 bridgehead atoms. The number of nitrogens with zero attached hydrogens (tertiary/aromatic N) is 1. The fraction of sp³-hybridized carbons (Fsp3) is 0.267. The molecule has 106 valence electrons. The maximum atomic E-state index is 5.87. The molecule has 1 heterocycles. The zero-order valence-electron chi connectivity index (χ0n) is 11.6. The first-order chi connectivity index (χ1) is 9.69. The Morgan fingerprint density at radius 1 is 1.15 bits per heavy atom. The molecule has 0 atom stereocenters. The van der Waals surface area contributed by atoms with Gasteiger partial charge in [0.15, 0.2) is 5.96 Å². The predicted molar refractivity (Wildman–Crippen MR) is 87.5 cm³/mol. The Balaban J connectivity index is 1.84. The third-order valence-electron chi connectivity index (χ3n) is 2.98. The number of hydrogen-bond donors (Lipinski definition) is 2. The molecular weight excluding hydrogens is 290 g/mol. The van der Waals surface area contributed by atoms with Gasteiger partial charge in [0.2, 0.25) is 0 Å². The summed E-state index contributed by atoms with van der Waals surface area (Å²) in [7, 11) is 1.78. The van der Waals surface area contributed by atoms with Gasteiger partial charge in [-0.3, -0.25) is 4.99 Å². The van der Waals surface area contributed by atoms with Crippen LogP contribution in [0.1, 0.15) is 16.0 Å². The van der Waals surface area contributed by atoms with Crippen LogP contribution in [0.4, 0.5) is 0 Å². The summed E-state index contributed by atoms with van der Waals surface area (Å²) in [5.41, 5.74) is 2.49. The molecule has 1 aromatic carbocycles. The van der Waals surface area contributed by atoms with E-state index in [0.29, 0.717) is 0 Å². The minimum Gasteiger partial charge on any atom is -0.352 e. The molecule has 0 radical (unpaired) electrons. The summed E-state index contributed by atoms with van der Waals surface area (Å²) in [6.07, 6.45) is 0. The molecule has 0 amide bonds. The van der Waals surface area contributed by atoms with Crippen molar-refractivity contribution in [3.05, 3.63) is 56.7 Å². The molecule has 2 aromatic rings. The van der Waals surface area contributed by atoms with Crippen molar-refractivity contribution in [2.45, 2.75) is 20.0 Å². The van der Waals surface area contributed by atoms with Gasteiger partial charge in [-0.25, -0.2) is 0 Å². The maximum Gasteiger partial charge on any atom is 0.191 e. The number of guanidine groups is 1. The first-order valence-corrected chi connectivity index (χ1v) is 7.66. The molecule has 2 N–H and O–H groups in total. The highest BCUT2D eigenvalue weighted by Crippen LogP contribution is 2.14. The van der Waals surface area contributed by atoms with Crippen LogP contribution in [0, 0.1) is 6.92 Å². The number of hydrogen-bond acceptors (Lipinski definition) is 2. The van der Waals surface area contributed by atoms with E-state index in [1.807, 2.05) is 24.3 Å². The van der Waals surface area contributed by atoms with Gasteiger partial charge in [-0.1, -0.05) is 23.7 Å². The Morgan fingerprint density at radius 3 is 2.45 bits per heavy atom. The predicted octanol–water partition coefficient (Wildman–Crippen LogP) is 3.58. The second kappa shape index (κ2) is 7.31. The van der Waals surface area contributed by atoms with Gasteiger partial charge in [-0.2, -0.15) is 0 Å². The molecule has 1 aromatic heterocycles. The van der Waals surface area contributed by atoms with Crippen molar-refractivity contribution in [1.29, 1.82) is 0 Å². The van der Waals surface area contributed by atoms with Crippen molar-refractivity contribution >= 4 is 28.9 Å². The van der Waals surface area contributed by atoms with E-state index in [2.05, 4.69) is 34.0 Å². The second-order valence-corrected chi connectivity index (χ2v) is 5.87. The Hall–Kier alpha value is -1.52. The highest BCUT2D eigenvalue weighted by molar-refractivity contribution is 7.10. The fourth-order valence-corrected chi connectivity index (χ4v) is 2.73. The Kier molecular flexibility index (Phi) is 5.44. The van der Waals surface area contributed by atoms with Gasteiger partial charge in [0, 0.05) is 23.5 Å². The molecule has 5 heteroatoms. The first kappa shape index (κ1) is 14.9. The summed E-state index contributed by atoms with van der Waals surface area (Å²) in [4.78, 5) is 5.56. The average Bonchev–Trinajstić information content (AvgIpc) is 2.86. The highest BCUT2D eigenvalue weighted by atomic mass is 35.5. The van der Waals surface area contributed by atoms with E-state index in [1.54, 1.807) is 18.4 Å². The average molecular weight is 308 g/mol. The topological polar surface area (TPSA) is 36.4 Å². The van der Waals surface area contributed by atoms with Gasteiger partial charge in [-0.05, 0) is 41.6 Å². The lowest BCUT2D eigenvalue weighted by Crippen LogP contribution is -2.36. The van der Waals surface area contributed by atoms with E-state index in [1.165, 1.54) is 16.0 Å². The molecule has 0 spiro atoms. The fourth-order valence-electron chi connectivity index (χ4n) is 1.76. The Labute approximate surface area is 128 Å². The van der Waals surface area contributed by atoms with Crippen LogP contribution in [-0.4, -0.2) is 13.0 Å². The van der Waals surface area contributed by atoms with Gasteiger partial charge in [0.1, 0.15) is 0 Å². The molecule has 0 saturated carbocycles. The molecule has 0 aliphatic heterocycles. The molecule has 0 aliphatic rings. The molecule has 20 heavy (non-hydrogen) atoms. The Bertz CT molecular complexity index is 575. The van der Waals surface area contributed by atoms with Crippen molar-refractivity contribution in [3.63, 3.8) is 0 Å². The number of benzene rings is 1. The van der Waals surface area contributed by atoms with Gasteiger partial charge in [-0.15, -0.1) is 11.3 Å². The normalized spacial score (nSPS) is 11.4. The quantitative estimate of drug-likeness (QED) is 0.669. The van der Waals surface area contributed by atoms with E-state index in [4.69, 9.17) is 11.6 Å². The van der Waals surface area contributed by atoms with E-state index >= 15 is 0 Å². The summed E-state index contributed by atoms with van der Waals surface area (Å²) in [5.74, 6) is 0.799. The van der Waals surface area contributed by atoms with E-state index in [9.17, 15) is 0 Å². The van der Waals surface area contributed by atoms with Gasteiger partial charge in [0.25, 0.3) is 0 Å². The van der Waals surface area contributed by atoms with Crippen molar-refractivity contribution in [3.8, 4) is 0 Å². The van der Waals surface area contributed by atoms with Gasteiger partial charge < -0.3 is 10.6 Å². The lowest BCUT2D eigenvalue weighted by Gasteiger charge is -2.11. The van der Waals surface area contributed by atoms with Crippen molar-refractivity contribution in [1.82, 2.24) is 10.6 Å². The van der Waals surface area contributed by atoms with Crippen LogP contribution in [0.25, 0.3) is 0 Å². The standard InChI is InChI=1S/C15H18ClN3S/c1-11-7-8-20-14(11)10-19-15(17-2)18-9-12-3-5-13(16)6-4-12/h3-8H,9-10H2,1-2H3,(H2,17,18,19). The van der Waals surface area contributed by atoms with Crippen LogP contribution in [0.15, 0.2) is 40.7 Å². The first-order valence-electron chi connectivity index (χ1n) is 6.41. The van der Waals surface area contributed by atoms with Gasteiger partial charge >= 0.3 is 0 Å². The third-order valence-corrected chi connectivity index (χ3v) is 4.26. The molecule has 0 saturated heterocycles. The minimum absolute atomic E-state index is 0.722. The zero-order chi connectivity index (χ0) is 14.4. The largest absolute Gasteiger partial charge is 0.352 e. The number of rotatable bonds is 4. The molecule has 0 aliphatic carbocycles. The van der Waals surface area contributed by atoms with Crippen molar-refractivity contribution < 1.29 is 0 Å². The van der Waals surface area contributed by atoms with E-state index in [0.717, 1.165) is 24.1 Å². The molecule has 0 unspecified atom stereocenters. The number of aliphatic imine (C=N–C) groups is 1.